The van der Waals surface area contributed by atoms with Crippen LogP contribution in [0.5, 0.6) is 0 Å². The number of nitro benzene ring substituents is 2. The van der Waals surface area contributed by atoms with Crippen molar-refractivity contribution in [2.24, 2.45) is 0 Å². The minimum atomic E-state index is -3.95. The van der Waals surface area contributed by atoms with Gasteiger partial charge in [0.1, 0.15) is 0 Å². The predicted octanol–water partition coefficient (Wildman–Crippen LogP) is 2.98. The summed E-state index contributed by atoms with van der Waals surface area (Å²) in [5.74, 6) is 0. The Morgan fingerprint density at radius 3 is 2.07 bits per heavy atom. The number of nitro groups is 2. The van der Waals surface area contributed by atoms with E-state index in [9.17, 15) is 28.6 Å². The molecule has 1 saturated heterocycles. The summed E-state index contributed by atoms with van der Waals surface area (Å²) < 4.78 is 27.1. The van der Waals surface area contributed by atoms with E-state index in [-0.39, 0.29) is 39.9 Å². The van der Waals surface area contributed by atoms with Crippen LogP contribution in [0.25, 0.3) is 0 Å². The molecule has 0 bridgehead atoms. The van der Waals surface area contributed by atoms with Crippen molar-refractivity contribution >= 4 is 38.7 Å². The number of rotatable bonds is 5. The molecule has 0 unspecified atom stereocenters. The number of hydrogen-bond donors (Lipinski definition) is 0. The molecular weight excluding hydrogens is 424 g/mol. The molecular formula is C17H17ClN4O6S. The normalized spacial score (nSPS) is 15.3. The lowest BCUT2D eigenvalue weighted by atomic mass is 10.2. The van der Waals surface area contributed by atoms with Crippen LogP contribution in [0.3, 0.4) is 0 Å². The molecule has 2 aromatic rings. The van der Waals surface area contributed by atoms with Crippen LogP contribution in [0.2, 0.25) is 5.02 Å². The molecule has 0 amide bonds. The molecule has 3 rings (SSSR count). The zero-order valence-corrected chi connectivity index (χ0v) is 16.9. The maximum Gasteiger partial charge on any atom is 0.275 e. The predicted molar refractivity (Wildman–Crippen MR) is 107 cm³/mol. The fraction of sp³-hybridized carbons (Fsp3) is 0.294. The van der Waals surface area contributed by atoms with Gasteiger partial charge >= 0.3 is 0 Å². The summed E-state index contributed by atoms with van der Waals surface area (Å²) >= 11 is 6.00. The average molecular weight is 441 g/mol. The SMILES string of the molecule is Cc1c(Cl)cc(S(=O)(=O)N2CCN(c3ccc([N+](=O)[O-])cc3)CC2)cc1[N+](=O)[O-]. The highest BCUT2D eigenvalue weighted by atomic mass is 35.5. The molecule has 0 saturated carbocycles. The van der Waals surface area contributed by atoms with Gasteiger partial charge < -0.3 is 4.90 Å². The first kappa shape index (κ1) is 21.0. The Hall–Kier alpha value is -2.76. The Labute approximate surface area is 171 Å². The van der Waals surface area contributed by atoms with Crippen molar-refractivity contribution in [2.45, 2.75) is 11.8 Å². The van der Waals surface area contributed by atoms with E-state index in [1.165, 1.54) is 29.4 Å². The van der Waals surface area contributed by atoms with Crippen molar-refractivity contribution < 1.29 is 18.3 Å². The van der Waals surface area contributed by atoms with Crippen LogP contribution in [0.4, 0.5) is 17.1 Å². The van der Waals surface area contributed by atoms with E-state index in [2.05, 4.69) is 0 Å². The molecule has 0 atom stereocenters. The summed E-state index contributed by atoms with van der Waals surface area (Å²) in [4.78, 5) is 22.5. The molecule has 0 N–H and O–H groups in total. The molecule has 0 spiro atoms. The minimum absolute atomic E-state index is 0.0160. The molecule has 1 aliphatic heterocycles. The molecule has 1 aliphatic rings. The van der Waals surface area contributed by atoms with Crippen LogP contribution in [-0.2, 0) is 10.0 Å². The average Bonchev–Trinajstić information content (AvgIpc) is 2.69. The molecule has 2 aromatic carbocycles. The minimum Gasteiger partial charge on any atom is -0.369 e. The number of piperazine rings is 1. The molecule has 12 heteroatoms. The second kappa shape index (κ2) is 7.93. The maximum atomic E-state index is 12.9. The number of benzene rings is 2. The number of sulfonamides is 1. The number of hydrogen-bond acceptors (Lipinski definition) is 7. The first-order chi connectivity index (χ1) is 13.6. The van der Waals surface area contributed by atoms with Gasteiger partial charge in [-0.3, -0.25) is 20.2 Å². The lowest BCUT2D eigenvalue weighted by Gasteiger charge is -2.35. The highest BCUT2D eigenvalue weighted by Crippen LogP contribution is 2.31. The van der Waals surface area contributed by atoms with Crippen molar-refractivity contribution in [3.8, 4) is 0 Å². The van der Waals surface area contributed by atoms with Crippen LogP contribution < -0.4 is 4.90 Å². The summed E-state index contributed by atoms with van der Waals surface area (Å²) in [6.07, 6.45) is 0. The first-order valence-electron chi connectivity index (χ1n) is 8.55. The lowest BCUT2D eigenvalue weighted by Crippen LogP contribution is -2.48. The van der Waals surface area contributed by atoms with Gasteiger partial charge in [-0.2, -0.15) is 4.31 Å². The third kappa shape index (κ3) is 4.16. The number of nitrogens with zero attached hydrogens (tertiary/aromatic N) is 4. The lowest BCUT2D eigenvalue weighted by molar-refractivity contribution is -0.385. The largest absolute Gasteiger partial charge is 0.369 e. The maximum absolute atomic E-state index is 12.9. The topological polar surface area (TPSA) is 127 Å². The fourth-order valence-corrected chi connectivity index (χ4v) is 4.85. The molecule has 0 aromatic heterocycles. The molecule has 1 fully saturated rings. The van der Waals surface area contributed by atoms with Gasteiger partial charge in [0.15, 0.2) is 0 Å². The van der Waals surface area contributed by atoms with Gasteiger partial charge in [-0.25, -0.2) is 8.42 Å². The van der Waals surface area contributed by atoms with Crippen LogP contribution >= 0.6 is 11.6 Å². The van der Waals surface area contributed by atoms with E-state index < -0.39 is 19.9 Å². The Balaban J connectivity index is 1.78. The number of halogens is 1. The van der Waals surface area contributed by atoms with Crippen LogP contribution in [0.15, 0.2) is 41.3 Å². The highest BCUT2D eigenvalue weighted by Gasteiger charge is 2.31. The van der Waals surface area contributed by atoms with E-state index in [1.807, 2.05) is 4.90 Å². The van der Waals surface area contributed by atoms with Crippen molar-refractivity contribution in [1.82, 2.24) is 4.31 Å². The third-order valence-corrected chi connectivity index (χ3v) is 7.06. The summed E-state index contributed by atoms with van der Waals surface area (Å²) in [6, 6.07) is 8.27. The number of non-ortho nitro benzene ring substituents is 1. The van der Waals surface area contributed by atoms with Gasteiger partial charge in [-0.05, 0) is 25.1 Å². The Bertz CT molecular complexity index is 1070. The molecule has 10 nitrogen and oxygen atoms in total. The van der Waals surface area contributed by atoms with Crippen molar-refractivity contribution in [1.29, 1.82) is 0 Å². The van der Waals surface area contributed by atoms with E-state index >= 15 is 0 Å². The van der Waals surface area contributed by atoms with E-state index in [4.69, 9.17) is 11.6 Å². The van der Waals surface area contributed by atoms with Crippen LogP contribution in [0, 0.1) is 27.2 Å². The van der Waals surface area contributed by atoms with Crippen molar-refractivity contribution in [2.75, 3.05) is 31.1 Å². The van der Waals surface area contributed by atoms with E-state index in [0.29, 0.717) is 13.1 Å². The first-order valence-corrected chi connectivity index (χ1v) is 10.4. The van der Waals surface area contributed by atoms with Gasteiger partial charge in [0, 0.05) is 55.6 Å². The molecule has 154 valence electrons. The molecule has 29 heavy (non-hydrogen) atoms. The van der Waals surface area contributed by atoms with Gasteiger partial charge in [0.25, 0.3) is 11.4 Å². The Morgan fingerprint density at radius 1 is 0.966 bits per heavy atom. The monoisotopic (exact) mass is 440 g/mol. The molecule has 0 radical (unpaired) electrons. The Morgan fingerprint density at radius 2 is 1.55 bits per heavy atom. The van der Waals surface area contributed by atoms with Crippen molar-refractivity contribution in [3.05, 3.63) is 67.2 Å². The van der Waals surface area contributed by atoms with Gasteiger partial charge in [-0.1, -0.05) is 11.6 Å². The molecule has 0 aliphatic carbocycles. The third-order valence-electron chi connectivity index (χ3n) is 4.79. The second-order valence-electron chi connectivity index (χ2n) is 6.47. The van der Waals surface area contributed by atoms with Gasteiger partial charge in [-0.15, -0.1) is 0 Å². The fourth-order valence-electron chi connectivity index (χ4n) is 3.10. The van der Waals surface area contributed by atoms with Crippen LogP contribution in [-0.4, -0.2) is 48.7 Å². The zero-order valence-electron chi connectivity index (χ0n) is 15.3. The number of anilines is 1. The zero-order chi connectivity index (χ0) is 21.3. The second-order valence-corrected chi connectivity index (χ2v) is 8.82. The quantitative estimate of drug-likeness (QED) is 0.516. The highest BCUT2D eigenvalue weighted by molar-refractivity contribution is 7.89. The Kier molecular flexibility index (Phi) is 5.73. The summed E-state index contributed by atoms with van der Waals surface area (Å²) in [7, 11) is -3.95. The van der Waals surface area contributed by atoms with Crippen molar-refractivity contribution in [3.63, 3.8) is 0 Å². The standard InChI is InChI=1S/C17H17ClN4O6S/c1-12-16(18)10-15(11-17(12)22(25)26)29(27,28)20-8-6-19(7-9-20)13-2-4-14(5-3-13)21(23)24/h2-5,10-11H,6-9H2,1H3. The summed E-state index contributed by atoms with van der Waals surface area (Å²) in [5, 5.41) is 22.0. The van der Waals surface area contributed by atoms with Gasteiger partial charge in [0.05, 0.1) is 19.8 Å². The summed E-state index contributed by atoms with van der Waals surface area (Å²) in [5.41, 5.74) is 0.591. The molecule has 1 heterocycles. The smallest absolute Gasteiger partial charge is 0.275 e. The summed E-state index contributed by atoms with van der Waals surface area (Å²) in [6.45, 7) is 2.54. The van der Waals surface area contributed by atoms with Crippen LogP contribution in [0.1, 0.15) is 5.56 Å². The van der Waals surface area contributed by atoms with Gasteiger partial charge in [0.2, 0.25) is 10.0 Å². The van der Waals surface area contributed by atoms with E-state index in [0.717, 1.165) is 11.8 Å². The van der Waals surface area contributed by atoms with E-state index in [1.54, 1.807) is 12.1 Å².